The number of nitrogens with one attached hydrogen (secondary N) is 1. The van der Waals surface area contributed by atoms with Crippen LogP contribution in [0.3, 0.4) is 0 Å². The van der Waals surface area contributed by atoms with Crippen LogP contribution in [-0.4, -0.2) is 18.0 Å². The van der Waals surface area contributed by atoms with Crippen LogP contribution in [0.5, 0.6) is 5.75 Å². The van der Waals surface area contributed by atoms with Crippen LogP contribution in [0.4, 0.5) is 5.13 Å². The van der Waals surface area contributed by atoms with Gasteiger partial charge in [-0.25, -0.2) is 4.98 Å². The normalized spacial score (nSPS) is 11.2. The molecule has 0 radical (unpaired) electrons. The maximum atomic E-state index is 12.2. The van der Waals surface area contributed by atoms with E-state index in [0.717, 1.165) is 32.5 Å². The Hall–Kier alpha value is -2.90. The highest BCUT2D eigenvalue weighted by atomic mass is 79.9. The van der Waals surface area contributed by atoms with Gasteiger partial charge in [0.15, 0.2) is 5.13 Å². The van der Waals surface area contributed by atoms with Crippen molar-refractivity contribution in [3.05, 3.63) is 81.5 Å². The van der Waals surface area contributed by atoms with E-state index in [4.69, 9.17) is 9.15 Å². The Morgan fingerprint density at radius 2 is 2.07 bits per heavy atom. The zero-order valence-corrected chi connectivity index (χ0v) is 17.9. The highest BCUT2D eigenvalue weighted by Crippen LogP contribution is 2.25. The summed E-state index contributed by atoms with van der Waals surface area (Å²) in [7, 11) is 1.62. The van der Waals surface area contributed by atoms with E-state index in [2.05, 4.69) is 38.4 Å². The minimum atomic E-state index is -0.257. The first kappa shape index (κ1) is 19.4. The zero-order chi connectivity index (χ0) is 20.2. The number of amides is 1. The van der Waals surface area contributed by atoms with Crippen molar-refractivity contribution in [3.63, 3.8) is 0 Å². The third kappa shape index (κ3) is 4.93. The number of ether oxygens (including phenoxy) is 1. The lowest BCUT2D eigenvalue weighted by Crippen LogP contribution is -2.06. The van der Waals surface area contributed by atoms with Crippen LogP contribution in [0.25, 0.3) is 17.0 Å². The van der Waals surface area contributed by atoms with Crippen molar-refractivity contribution >= 4 is 55.4 Å². The molecule has 7 heteroatoms. The van der Waals surface area contributed by atoms with Crippen molar-refractivity contribution in [2.24, 2.45) is 0 Å². The SMILES string of the molecule is COc1ccc2oc(C=CC(=O)Nc3ncc(Cc4ccc(Br)cc4)s3)cc2c1. The summed E-state index contributed by atoms with van der Waals surface area (Å²) in [5, 5.41) is 4.28. The van der Waals surface area contributed by atoms with Gasteiger partial charge in [-0.1, -0.05) is 28.1 Å². The molecule has 0 atom stereocenters. The Morgan fingerprint density at radius 1 is 1.24 bits per heavy atom. The number of hydrogen-bond acceptors (Lipinski definition) is 5. The molecule has 146 valence electrons. The van der Waals surface area contributed by atoms with Gasteiger partial charge in [0.1, 0.15) is 17.1 Å². The van der Waals surface area contributed by atoms with Crippen LogP contribution in [0, 0.1) is 0 Å². The molecule has 0 spiro atoms. The van der Waals surface area contributed by atoms with Gasteiger partial charge in [-0.2, -0.15) is 0 Å². The molecule has 0 bridgehead atoms. The predicted octanol–water partition coefficient (Wildman–Crippen LogP) is 5.90. The molecule has 29 heavy (non-hydrogen) atoms. The van der Waals surface area contributed by atoms with Gasteiger partial charge in [-0.15, -0.1) is 11.3 Å². The molecule has 4 rings (SSSR count). The van der Waals surface area contributed by atoms with E-state index in [9.17, 15) is 4.79 Å². The van der Waals surface area contributed by atoms with Gasteiger partial charge in [-0.05, 0) is 48.0 Å². The fourth-order valence-electron chi connectivity index (χ4n) is 2.81. The Bertz CT molecular complexity index is 1180. The van der Waals surface area contributed by atoms with Gasteiger partial charge >= 0.3 is 0 Å². The van der Waals surface area contributed by atoms with Crippen LogP contribution in [0.2, 0.25) is 0 Å². The van der Waals surface area contributed by atoms with E-state index in [0.29, 0.717) is 10.9 Å². The Kier molecular flexibility index (Phi) is 5.78. The zero-order valence-electron chi connectivity index (χ0n) is 15.5. The molecule has 0 aliphatic heterocycles. The van der Waals surface area contributed by atoms with Crippen molar-refractivity contribution in [3.8, 4) is 5.75 Å². The van der Waals surface area contributed by atoms with Crippen LogP contribution < -0.4 is 10.1 Å². The van der Waals surface area contributed by atoms with Crippen LogP contribution in [0.15, 0.2) is 69.7 Å². The van der Waals surface area contributed by atoms with E-state index >= 15 is 0 Å². The fraction of sp³-hybridized carbons (Fsp3) is 0.0909. The number of furan rings is 1. The second-order valence-corrected chi connectivity index (χ2v) is 8.34. The van der Waals surface area contributed by atoms with Gasteiger partial charge in [0, 0.05) is 33.4 Å². The van der Waals surface area contributed by atoms with E-state index in [1.165, 1.54) is 23.0 Å². The number of aromatic nitrogens is 1. The van der Waals surface area contributed by atoms with Crippen LogP contribution in [0.1, 0.15) is 16.2 Å². The first-order valence-corrected chi connectivity index (χ1v) is 10.5. The highest BCUT2D eigenvalue weighted by molar-refractivity contribution is 9.10. The number of anilines is 1. The van der Waals surface area contributed by atoms with Crippen LogP contribution in [-0.2, 0) is 11.2 Å². The number of carbonyl (C=O) groups is 1. The molecule has 0 unspecified atom stereocenters. The molecule has 2 aromatic heterocycles. The lowest BCUT2D eigenvalue weighted by atomic mass is 10.1. The predicted molar refractivity (Wildman–Crippen MR) is 119 cm³/mol. The molecular weight excluding hydrogens is 452 g/mol. The number of halogens is 1. The smallest absolute Gasteiger partial charge is 0.250 e. The number of methoxy groups -OCH3 is 1. The standard InChI is InChI=1S/C22H17BrN2O3S/c1-27-17-6-8-20-15(11-17)12-18(28-20)7-9-21(26)25-22-24-13-19(29-22)10-14-2-4-16(23)5-3-14/h2-9,11-13H,10H2,1H3,(H,24,25,26). The first-order chi connectivity index (χ1) is 14.1. The number of carbonyl (C=O) groups excluding carboxylic acids is 1. The summed E-state index contributed by atoms with van der Waals surface area (Å²) in [6.07, 6.45) is 5.64. The molecule has 0 aliphatic rings. The molecule has 4 aromatic rings. The third-order valence-electron chi connectivity index (χ3n) is 4.22. The van der Waals surface area contributed by atoms with Crippen molar-refractivity contribution in [1.82, 2.24) is 4.98 Å². The Balaban J connectivity index is 1.38. The average molecular weight is 469 g/mol. The van der Waals surface area contributed by atoms with Crippen molar-refractivity contribution < 1.29 is 13.9 Å². The number of hydrogen-bond donors (Lipinski definition) is 1. The summed E-state index contributed by atoms with van der Waals surface area (Å²) in [5.41, 5.74) is 1.93. The summed E-state index contributed by atoms with van der Waals surface area (Å²) in [4.78, 5) is 17.6. The average Bonchev–Trinajstić information content (AvgIpc) is 3.33. The summed E-state index contributed by atoms with van der Waals surface area (Å²) in [6.45, 7) is 0. The Morgan fingerprint density at radius 3 is 2.86 bits per heavy atom. The number of fused-ring (bicyclic) bond motifs is 1. The van der Waals surface area contributed by atoms with E-state index in [1.807, 2.05) is 36.4 Å². The maximum Gasteiger partial charge on any atom is 0.250 e. The molecule has 0 fully saturated rings. The summed E-state index contributed by atoms with van der Waals surface area (Å²) >= 11 is 4.90. The molecule has 0 aliphatic carbocycles. The molecule has 2 heterocycles. The van der Waals surface area contributed by atoms with Crippen molar-refractivity contribution in [1.29, 1.82) is 0 Å². The second-order valence-electron chi connectivity index (χ2n) is 6.31. The van der Waals surface area contributed by atoms with Gasteiger partial charge in [0.05, 0.1) is 7.11 Å². The van der Waals surface area contributed by atoms with Gasteiger partial charge in [-0.3, -0.25) is 10.1 Å². The van der Waals surface area contributed by atoms with Crippen molar-refractivity contribution in [2.45, 2.75) is 6.42 Å². The third-order valence-corrected chi connectivity index (χ3v) is 5.66. The fourth-order valence-corrected chi connectivity index (χ4v) is 3.92. The molecular formula is C22H17BrN2O3S. The second kappa shape index (κ2) is 8.63. The molecule has 5 nitrogen and oxygen atoms in total. The number of nitrogens with zero attached hydrogens (tertiary/aromatic N) is 1. The monoisotopic (exact) mass is 468 g/mol. The van der Waals surface area contributed by atoms with E-state index in [1.54, 1.807) is 19.4 Å². The lowest BCUT2D eigenvalue weighted by Gasteiger charge is -1.98. The van der Waals surface area contributed by atoms with Crippen molar-refractivity contribution in [2.75, 3.05) is 12.4 Å². The molecule has 2 aromatic carbocycles. The lowest BCUT2D eigenvalue weighted by molar-refractivity contribution is -0.111. The molecule has 0 saturated carbocycles. The number of thiazole rings is 1. The minimum Gasteiger partial charge on any atom is -0.497 e. The van der Waals surface area contributed by atoms with Crippen LogP contribution >= 0.6 is 27.3 Å². The first-order valence-electron chi connectivity index (χ1n) is 8.85. The molecule has 0 saturated heterocycles. The van der Waals surface area contributed by atoms with Gasteiger partial charge in [0.2, 0.25) is 5.91 Å². The quantitative estimate of drug-likeness (QED) is 0.357. The maximum absolute atomic E-state index is 12.2. The number of rotatable bonds is 6. The summed E-state index contributed by atoms with van der Waals surface area (Å²) in [6, 6.07) is 15.6. The summed E-state index contributed by atoms with van der Waals surface area (Å²) < 4.78 is 12.0. The minimum absolute atomic E-state index is 0.257. The van der Waals surface area contributed by atoms with E-state index < -0.39 is 0 Å². The Labute approximate surface area is 180 Å². The highest BCUT2D eigenvalue weighted by Gasteiger charge is 2.07. The van der Waals surface area contributed by atoms with E-state index in [-0.39, 0.29) is 5.91 Å². The largest absolute Gasteiger partial charge is 0.497 e. The van der Waals surface area contributed by atoms with Gasteiger partial charge < -0.3 is 9.15 Å². The summed E-state index contributed by atoms with van der Waals surface area (Å²) in [5.74, 6) is 1.10. The van der Waals surface area contributed by atoms with Gasteiger partial charge in [0.25, 0.3) is 0 Å². The topological polar surface area (TPSA) is 64.4 Å². The molecule has 1 N–H and O–H groups in total. The molecule has 1 amide bonds. The number of benzene rings is 2.